The van der Waals surface area contributed by atoms with Gasteiger partial charge in [-0.2, -0.15) is 0 Å². The standard InChI is InChI=1S/C16H28N4O3/c1-11(9-17-15(21)23-16(2,3)4)20(5)10-13-18-19-14(22-13)12-7-6-8-12/h11-12H,6-10H2,1-5H3,(H,17,21)/t11-/m1/s1. The van der Waals surface area contributed by atoms with E-state index in [0.29, 0.717) is 24.9 Å². The second-order valence-corrected chi connectivity index (χ2v) is 7.31. The third-order valence-corrected chi connectivity index (χ3v) is 4.01. The number of hydrogen-bond donors (Lipinski definition) is 1. The van der Waals surface area contributed by atoms with Gasteiger partial charge < -0.3 is 14.5 Å². The predicted octanol–water partition coefficient (Wildman–Crippen LogP) is 2.68. The number of rotatable bonds is 6. The fraction of sp³-hybridized carbons (Fsp3) is 0.812. The largest absolute Gasteiger partial charge is 0.444 e. The van der Waals surface area contributed by atoms with Gasteiger partial charge >= 0.3 is 6.09 Å². The van der Waals surface area contributed by atoms with Gasteiger partial charge in [0.1, 0.15) is 5.60 Å². The van der Waals surface area contributed by atoms with E-state index in [-0.39, 0.29) is 6.04 Å². The first-order chi connectivity index (χ1) is 10.7. The molecular formula is C16H28N4O3. The van der Waals surface area contributed by atoms with Crippen LogP contribution in [-0.4, -0.2) is 46.4 Å². The molecule has 1 aliphatic carbocycles. The van der Waals surface area contributed by atoms with E-state index in [4.69, 9.17) is 9.15 Å². The Kier molecular flexibility index (Phi) is 5.62. The summed E-state index contributed by atoms with van der Waals surface area (Å²) in [4.78, 5) is 13.7. The molecule has 0 aliphatic heterocycles. The molecule has 0 bridgehead atoms. The van der Waals surface area contributed by atoms with Gasteiger partial charge in [-0.05, 0) is 47.6 Å². The molecule has 2 rings (SSSR count). The lowest BCUT2D eigenvalue weighted by Gasteiger charge is -2.25. The molecular weight excluding hydrogens is 296 g/mol. The van der Waals surface area contributed by atoms with Crippen molar-refractivity contribution in [1.82, 2.24) is 20.4 Å². The van der Waals surface area contributed by atoms with Crippen molar-refractivity contribution >= 4 is 6.09 Å². The van der Waals surface area contributed by atoms with Crippen LogP contribution in [0.1, 0.15) is 64.7 Å². The zero-order valence-electron chi connectivity index (χ0n) is 14.8. The molecule has 1 amide bonds. The van der Waals surface area contributed by atoms with Crippen molar-refractivity contribution in [2.75, 3.05) is 13.6 Å². The molecule has 1 fully saturated rings. The van der Waals surface area contributed by atoms with Crippen molar-refractivity contribution in [2.45, 2.75) is 71.1 Å². The first kappa shape index (κ1) is 17.7. The summed E-state index contributed by atoms with van der Waals surface area (Å²) in [5.41, 5.74) is -0.485. The molecule has 1 saturated carbocycles. The quantitative estimate of drug-likeness (QED) is 0.866. The summed E-state index contributed by atoms with van der Waals surface area (Å²) in [5, 5.41) is 11.0. The van der Waals surface area contributed by atoms with Crippen LogP contribution >= 0.6 is 0 Å². The Morgan fingerprint density at radius 2 is 2.13 bits per heavy atom. The molecule has 7 nitrogen and oxygen atoms in total. The minimum atomic E-state index is -0.485. The maximum atomic E-state index is 11.7. The number of carbonyl (C=O) groups is 1. The van der Waals surface area contributed by atoms with Gasteiger partial charge in [0.05, 0.1) is 6.54 Å². The number of carbonyl (C=O) groups excluding carboxylic acids is 1. The van der Waals surface area contributed by atoms with Crippen molar-refractivity contribution in [3.05, 3.63) is 11.8 Å². The zero-order valence-corrected chi connectivity index (χ0v) is 14.8. The predicted molar refractivity (Wildman–Crippen MR) is 86.1 cm³/mol. The SMILES string of the molecule is C[C@H](CNC(=O)OC(C)(C)C)N(C)Cc1nnc(C2CCC2)o1. The molecule has 0 saturated heterocycles. The number of nitrogens with zero attached hydrogens (tertiary/aromatic N) is 3. The summed E-state index contributed by atoms with van der Waals surface area (Å²) in [5.74, 6) is 1.84. The Bertz CT molecular complexity index is 520. The molecule has 1 aromatic heterocycles. The molecule has 0 unspecified atom stereocenters. The lowest BCUT2D eigenvalue weighted by molar-refractivity contribution is 0.0511. The summed E-state index contributed by atoms with van der Waals surface area (Å²) < 4.78 is 10.9. The van der Waals surface area contributed by atoms with Crippen molar-refractivity contribution in [3.63, 3.8) is 0 Å². The summed E-state index contributed by atoms with van der Waals surface area (Å²) in [6, 6.07) is 0.126. The second kappa shape index (κ2) is 7.29. The Balaban J connectivity index is 1.74. The van der Waals surface area contributed by atoms with E-state index in [1.165, 1.54) is 6.42 Å². The lowest BCUT2D eigenvalue weighted by Crippen LogP contribution is -2.41. The van der Waals surface area contributed by atoms with Crippen molar-refractivity contribution < 1.29 is 13.9 Å². The van der Waals surface area contributed by atoms with E-state index in [1.54, 1.807) is 0 Å². The van der Waals surface area contributed by atoms with Gasteiger partial charge in [0.2, 0.25) is 11.8 Å². The molecule has 1 aromatic rings. The fourth-order valence-electron chi connectivity index (χ4n) is 2.22. The van der Waals surface area contributed by atoms with E-state index >= 15 is 0 Å². The fourth-order valence-corrected chi connectivity index (χ4v) is 2.22. The third-order valence-electron chi connectivity index (χ3n) is 4.01. The Morgan fingerprint density at radius 3 is 2.70 bits per heavy atom. The highest BCUT2D eigenvalue weighted by Crippen LogP contribution is 2.35. The number of alkyl carbamates (subject to hydrolysis) is 1. The van der Waals surface area contributed by atoms with Crippen LogP contribution in [0, 0.1) is 0 Å². The minimum absolute atomic E-state index is 0.126. The van der Waals surface area contributed by atoms with E-state index in [0.717, 1.165) is 18.7 Å². The van der Waals surface area contributed by atoms with E-state index in [1.807, 2.05) is 34.7 Å². The smallest absolute Gasteiger partial charge is 0.407 e. The topological polar surface area (TPSA) is 80.5 Å². The molecule has 1 atom stereocenters. The molecule has 1 N–H and O–H groups in total. The molecule has 7 heteroatoms. The van der Waals surface area contributed by atoms with Crippen LogP contribution < -0.4 is 5.32 Å². The van der Waals surface area contributed by atoms with Gasteiger partial charge in [-0.15, -0.1) is 10.2 Å². The monoisotopic (exact) mass is 324 g/mol. The Labute approximate surface area is 137 Å². The van der Waals surface area contributed by atoms with E-state index in [2.05, 4.69) is 20.4 Å². The molecule has 23 heavy (non-hydrogen) atoms. The number of hydrogen-bond acceptors (Lipinski definition) is 6. The Morgan fingerprint density at radius 1 is 1.43 bits per heavy atom. The van der Waals surface area contributed by atoms with Crippen molar-refractivity contribution in [1.29, 1.82) is 0 Å². The average molecular weight is 324 g/mol. The highest BCUT2D eigenvalue weighted by atomic mass is 16.6. The van der Waals surface area contributed by atoms with Gasteiger partial charge in [-0.3, -0.25) is 4.90 Å². The van der Waals surface area contributed by atoms with E-state index in [9.17, 15) is 4.79 Å². The highest BCUT2D eigenvalue weighted by molar-refractivity contribution is 5.67. The van der Waals surface area contributed by atoms with E-state index < -0.39 is 11.7 Å². The van der Waals surface area contributed by atoms with Crippen LogP contribution in [0.15, 0.2) is 4.42 Å². The summed E-state index contributed by atoms with van der Waals surface area (Å²) in [6.45, 7) is 8.62. The van der Waals surface area contributed by atoms with Gasteiger partial charge in [0.25, 0.3) is 0 Å². The van der Waals surface area contributed by atoms with Crippen molar-refractivity contribution in [3.8, 4) is 0 Å². The second-order valence-electron chi connectivity index (χ2n) is 7.31. The maximum Gasteiger partial charge on any atom is 0.407 e. The zero-order chi connectivity index (χ0) is 17.0. The maximum absolute atomic E-state index is 11.7. The Hall–Kier alpha value is -1.63. The van der Waals surface area contributed by atoms with Crippen molar-refractivity contribution in [2.24, 2.45) is 0 Å². The number of aromatic nitrogens is 2. The van der Waals surface area contributed by atoms with Crippen LogP contribution in [0.2, 0.25) is 0 Å². The van der Waals surface area contributed by atoms with Gasteiger partial charge in [0, 0.05) is 18.5 Å². The number of nitrogens with one attached hydrogen (secondary N) is 1. The molecule has 130 valence electrons. The third kappa shape index (κ3) is 5.49. The molecule has 0 aromatic carbocycles. The van der Waals surface area contributed by atoms with Crippen LogP contribution in [0.5, 0.6) is 0 Å². The summed E-state index contributed by atoms with van der Waals surface area (Å²) in [7, 11) is 1.97. The summed E-state index contributed by atoms with van der Waals surface area (Å²) in [6.07, 6.45) is 3.14. The molecule has 0 spiro atoms. The first-order valence-corrected chi connectivity index (χ1v) is 8.24. The van der Waals surface area contributed by atoms with Gasteiger partial charge in [0.15, 0.2) is 0 Å². The molecule has 1 heterocycles. The van der Waals surface area contributed by atoms with Crippen LogP contribution in [0.3, 0.4) is 0 Å². The van der Waals surface area contributed by atoms with Gasteiger partial charge in [-0.1, -0.05) is 6.42 Å². The van der Waals surface area contributed by atoms with Crippen LogP contribution in [0.4, 0.5) is 4.79 Å². The normalized spacial score (nSPS) is 17.0. The summed E-state index contributed by atoms with van der Waals surface area (Å²) >= 11 is 0. The number of amides is 1. The van der Waals surface area contributed by atoms with Crippen LogP contribution in [0.25, 0.3) is 0 Å². The average Bonchev–Trinajstić information content (AvgIpc) is 2.79. The molecule has 1 aliphatic rings. The molecule has 0 radical (unpaired) electrons. The van der Waals surface area contributed by atoms with Gasteiger partial charge in [-0.25, -0.2) is 4.79 Å². The minimum Gasteiger partial charge on any atom is -0.444 e. The number of ether oxygens (including phenoxy) is 1. The number of likely N-dealkylation sites (N-methyl/N-ethyl adjacent to an activating group) is 1. The first-order valence-electron chi connectivity index (χ1n) is 8.24. The van der Waals surface area contributed by atoms with Crippen LogP contribution in [-0.2, 0) is 11.3 Å². The highest BCUT2D eigenvalue weighted by Gasteiger charge is 2.25. The lowest BCUT2D eigenvalue weighted by atomic mass is 9.85.